The Morgan fingerprint density at radius 3 is 2.67 bits per heavy atom. The van der Waals surface area contributed by atoms with Crippen LogP contribution in [0.15, 0.2) is 66.7 Å². The summed E-state index contributed by atoms with van der Waals surface area (Å²) in [6.07, 6.45) is 0.392. The molecule has 0 radical (unpaired) electrons. The van der Waals surface area contributed by atoms with E-state index in [0.717, 1.165) is 60.7 Å². The number of carbonyl (C=O) groups is 1. The molecule has 3 aromatic carbocycles. The van der Waals surface area contributed by atoms with Gasteiger partial charge in [0.1, 0.15) is 30.0 Å². The molecule has 6 rings (SSSR count). The number of ether oxygens (including phenoxy) is 4. The third-order valence-corrected chi connectivity index (χ3v) is 9.82. The quantitative estimate of drug-likeness (QED) is 0.126. The zero-order chi connectivity index (χ0) is 36.5. The average molecular weight is 723 g/mol. The van der Waals surface area contributed by atoms with Crippen molar-refractivity contribution in [2.75, 3.05) is 76.0 Å². The number of halogens is 1. The summed E-state index contributed by atoms with van der Waals surface area (Å²) >= 11 is 0. The number of carbonyl (C=O) groups excluding carboxylic acids is 1. The molecule has 2 fully saturated rings. The Morgan fingerprint density at radius 1 is 1.04 bits per heavy atom. The number of hydrogen-bond acceptors (Lipinski definition) is 11. The molecule has 0 aromatic heterocycles. The van der Waals surface area contributed by atoms with E-state index >= 15 is 0 Å². The van der Waals surface area contributed by atoms with E-state index in [2.05, 4.69) is 20.7 Å². The van der Waals surface area contributed by atoms with Gasteiger partial charge in [0.25, 0.3) is 5.09 Å². The first-order chi connectivity index (χ1) is 25.3. The van der Waals surface area contributed by atoms with Crippen molar-refractivity contribution in [2.24, 2.45) is 0 Å². The van der Waals surface area contributed by atoms with Crippen LogP contribution in [-0.4, -0.2) is 106 Å². The van der Waals surface area contributed by atoms with E-state index in [1.165, 1.54) is 12.1 Å². The molecule has 4 unspecified atom stereocenters. The first kappa shape index (κ1) is 37.1. The molecule has 0 spiro atoms. The average Bonchev–Trinajstić information content (AvgIpc) is 3.61. The standard InChI is InChI=1S/C38H47FN4O9/c1-48-18-4-15-40-17-20-49-35-13-8-27(21-33(35)40)26-50-36-25-42(37(45)7-3-19-51-43(46)47)24-34(44)38(36)28-9-11-31(12-10-28)52-32-14-16-41(23-32)30-6-2-5-29(39)22-30/h2,5-6,8-13,21-22,32,34,36,38,44H,3-4,7,14-20,23-26H2,1H3. The Labute approximate surface area is 302 Å². The lowest BCUT2D eigenvalue weighted by molar-refractivity contribution is -0.757. The topological polar surface area (TPSA) is 136 Å². The van der Waals surface area contributed by atoms with Gasteiger partial charge in [-0.1, -0.05) is 24.3 Å². The Morgan fingerprint density at radius 2 is 1.88 bits per heavy atom. The summed E-state index contributed by atoms with van der Waals surface area (Å²) in [6, 6.07) is 20.2. The Bertz CT molecular complexity index is 1650. The second kappa shape index (κ2) is 17.7. The van der Waals surface area contributed by atoms with Crippen LogP contribution in [0.1, 0.15) is 42.7 Å². The molecule has 0 saturated carbocycles. The normalized spacial score (nSPS) is 21.4. The number of β-amino-alcohol motifs (C(OH)–C–C–N with tert-alkyl or cyclic N) is 1. The summed E-state index contributed by atoms with van der Waals surface area (Å²) in [5.41, 5.74) is 3.61. The first-order valence-electron chi connectivity index (χ1n) is 17.9. The van der Waals surface area contributed by atoms with Crippen molar-refractivity contribution in [1.82, 2.24) is 4.90 Å². The van der Waals surface area contributed by atoms with Crippen LogP contribution in [0.3, 0.4) is 0 Å². The fraction of sp³-hybridized carbons (Fsp3) is 0.500. The van der Waals surface area contributed by atoms with Crippen molar-refractivity contribution in [1.29, 1.82) is 0 Å². The number of fused-ring (bicyclic) bond motifs is 1. The minimum Gasteiger partial charge on any atom is -0.490 e. The van der Waals surface area contributed by atoms with Crippen molar-refractivity contribution in [3.05, 3.63) is 93.8 Å². The number of rotatable bonds is 16. The van der Waals surface area contributed by atoms with E-state index in [9.17, 15) is 24.4 Å². The third-order valence-electron chi connectivity index (χ3n) is 9.82. The molecule has 1 amide bonds. The van der Waals surface area contributed by atoms with Crippen molar-refractivity contribution in [3.63, 3.8) is 0 Å². The summed E-state index contributed by atoms with van der Waals surface area (Å²) in [6.45, 7) is 4.70. The largest absolute Gasteiger partial charge is 0.490 e. The Balaban J connectivity index is 1.14. The van der Waals surface area contributed by atoms with Gasteiger partial charge in [-0.25, -0.2) is 4.39 Å². The number of nitrogens with zero attached hydrogens (tertiary/aromatic N) is 4. The van der Waals surface area contributed by atoms with Gasteiger partial charge in [-0.2, -0.15) is 0 Å². The van der Waals surface area contributed by atoms with Gasteiger partial charge < -0.3 is 43.6 Å². The number of amides is 1. The summed E-state index contributed by atoms with van der Waals surface area (Å²) in [4.78, 5) is 34.0. The maximum absolute atomic E-state index is 13.8. The molecule has 3 aliphatic rings. The van der Waals surface area contributed by atoms with Crippen molar-refractivity contribution < 1.29 is 43.2 Å². The lowest BCUT2D eigenvalue weighted by Gasteiger charge is -2.42. The zero-order valence-corrected chi connectivity index (χ0v) is 29.4. The molecular formula is C38H47FN4O9. The van der Waals surface area contributed by atoms with Gasteiger partial charge in [0.15, 0.2) is 0 Å². The van der Waals surface area contributed by atoms with E-state index < -0.39 is 23.2 Å². The summed E-state index contributed by atoms with van der Waals surface area (Å²) < 4.78 is 37.8. The number of anilines is 2. The van der Waals surface area contributed by atoms with Crippen LogP contribution in [0.2, 0.25) is 0 Å². The molecular weight excluding hydrogens is 675 g/mol. The van der Waals surface area contributed by atoms with E-state index in [4.69, 9.17) is 18.9 Å². The van der Waals surface area contributed by atoms with Gasteiger partial charge in [-0.3, -0.25) is 4.79 Å². The second-order valence-corrected chi connectivity index (χ2v) is 13.4. The molecule has 3 aliphatic heterocycles. The number of likely N-dealkylation sites (tertiary alicyclic amines) is 1. The summed E-state index contributed by atoms with van der Waals surface area (Å²) in [7, 11) is 1.70. The number of piperidine rings is 1. The lowest BCUT2D eigenvalue weighted by Crippen LogP contribution is -2.53. The fourth-order valence-corrected chi connectivity index (χ4v) is 7.25. The molecule has 1 N–H and O–H groups in total. The van der Waals surface area contributed by atoms with Crippen molar-refractivity contribution >= 4 is 17.3 Å². The van der Waals surface area contributed by atoms with E-state index in [-0.39, 0.29) is 57.0 Å². The number of aliphatic hydroxyl groups is 1. The van der Waals surface area contributed by atoms with E-state index in [1.54, 1.807) is 18.1 Å². The monoisotopic (exact) mass is 722 g/mol. The SMILES string of the molecule is COCCCN1CCOc2ccc(COC3CN(C(=O)CCCO[N+](=O)[O-])CC(O)C3c3ccc(OC4CCN(c5cccc(F)c5)C4)cc3)cc21. The Hall–Kier alpha value is -4.66. The number of hydrogen-bond donors (Lipinski definition) is 1. The maximum Gasteiger partial charge on any atom is 0.294 e. The third kappa shape index (κ3) is 9.60. The van der Waals surface area contributed by atoms with Gasteiger partial charge in [-0.15, -0.1) is 10.1 Å². The summed E-state index contributed by atoms with van der Waals surface area (Å²) in [5, 5.41) is 21.2. The highest BCUT2D eigenvalue weighted by Crippen LogP contribution is 2.36. The van der Waals surface area contributed by atoms with Crippen LogP contribution in [0, 0.1) is 15.9 Å². The van der Waals surface area contributed by atoms with Crippen LogP contribution < -0.4 is 19.3 Å². The van der Waals surface area contributed by atoms with E-state index in [1.807, 2.05) is 42.5 Å². The number of aliphatic hydroxyl groups excluding tert-OH is 1. The van der Waals surface area contributed by atoms with Gasteiger partial charge in [0.05, 0.1) is 44.2 Å². The molecule has 0 bridgehead atoms. The maximum atomic E-state index is 13.8. The predicted molar refractivity (Wildman–Crippen MR) is 191 cm³/mol. The van der Waals surface area contributed by atoms with Crippen molar-refractivity contribution in [2.45, 2.75) is 56.5 Å². The highest BCUT2D eigenvalue weighted by Gasteiger charge is 2.39. The lowest BCUT2D eigenvalue weighted by atomic mass is 9.84. The molecule has 3 aromatic rings. The highest BCUT2D eigenvalue weighted by molar-refractivity contribution is 5.76. The van der Waals surface area contributed by atoms with Crippen LogP contribution in [0.5, 0.6) is 11.5 Å². The van der Waals surface area contributed by atoms with Gasteiger partial charge in [0, 0.05) is 64.3 Å². The van der Waals surface area contributed by atoms with Crippen LogP contribution >= 0.6 is 0 Å². The molecule has 280 valence electrons. The highest BCUT2D eigenvalue weighted by atomic mass is 19.1. The van der Waals surface area contributed by atoms with Gasteiger partial charge >= 0.3 is 0 Å². The molecule has 4 atom stereocenters. The van der Waals surface area contributed by atoms with E-state index in [0.29, 0.717) is 25.5 Å². The zero-order valence-electron chi connectivity index (χ0n) is 29.4. The molecule has 14 heteroatoms. The van der Waals surface area contributed by atoms with Gasteiger partial charge in [-0.05, 0) is 66.4 Å². The molecule has 52 heavy (non-hydrogen) atoms. The number of methoxy groups -OCH3 is 1. The first-order valence-corrected chi connectivity index (χ1v) is 17.9. The molecule has 0 aliphatic carbocycles. The minimum atomic E-state index is -0.924. The molecule has 2 saturated heterocycles. The molecule has 3 heterocycles. The fourth-order valence-electron chi connectivity index (χ4n) is 7.25. The second-order valence-electron chi connectivity index (χ2n) is 13.4. The van der Waals surface area contributed by atoms with Crippen LogP contribution in [0.25, 0.3) is 0 Å². The summed E-state index contributed by atoms with van der Waals surface area (Å²) in [5.74, 6) is 0.577. The number of benzene rings is 3. The predicted octanol–water partition coefficient (Wildman–Crippen LogP) is 4.58. The minimum absolute atomic E-state index is 0.0471. The smallest absolute Gasteiger partial charge is 0.294 e. The van der Waals surface area contributed by atoms with Gasteiger partial charge in [0.2, 0.25) is 5.91 Å². The van der Waals surface area contributed by atoms with Crippen molar-refractivity contribution in [3.8, 4) is 11.5 Å². The molecule has 13 nitrogen and oxygen atoms in total. The Kier molecular flexibility index (Phi) is 12.6. The van der Waals surface area contributed by atoms with Crippen LogP contribution in [-0.2, 0) is 25.7 Å². The van der Waals surface area contributed by atoms with Crippen LogP contribution in [0.4, 0.5) is 15.8 Å².